The number of furan rings is 1. The molecule has 3 aromatic carbocycles. The van der Waals surface area contributed by atoms with Gasteiger partial charge in [-0.3, -0.25) is 9.10 Å². The predicted molar refractivity (Wildman–Crippen MR) is 152 cm³/mol. The zero-order valence-corrected chi connectivity index (χ0v) is 22.3. The van der Waals surface area contributed by atoms with Gasteiger partial charge in [0.2, 0.25) is 0 Å². The van der Waals surface area contributed by atoms with Crippen LogP contribution in [0.4, 0.5) is 5.69 Å². The number of fused-ring (bicyclic) bond motifs is 3. The number of carbonyl (C=O) groups excluding carboxylic acids is 1. The maximum atomic E-state index is 14.3. The van der Waals surface area contributed by atoms with E-state index in [4.69, 9.17) is 4.42 Å². The van der Waals surface area contributed by atoms with E-state index in [1.165, 1.54) is 4.31 Å². The summed E-state index contributed by atoms with van der Waals surface area (Å²) in [5.41, 5.74) is 3.03. The molecule has 3 heterocycles. The van der Waals surface area contributed by atoms with Crippen LogP contribution in [0.25, 0.3) is 11.0 Å². The number of sulfonamides is 1. The van der Waals surface area contributed by atoms with Gasteiger partial charge in [0.1, 0.15) is 17.0 Å². The lowest BCUT2D eigenvalue weighted by atomic mass is 9.93. The average molecular weight is 540 g/mol. The molecule has 0 fully saturated rings. The van der Waals surface area contributed by atoms with Gasteiger partial charge < -0.3 is 4.42 Å². The van der Waals surface area contributed by atoms with Crippen LogP contribution in [0, 0.1) is 6.92 Å². The Morgan fingerprint density at radius 1 is 0.921 bits per heavy atom. The number of thiophene rings is 1. The number of aryl methyl sites for hydroxylation is 1. The van der Waals surface area contributed by atoms with Crippen molar-refractivity contribution in [1.82, 2.24) is 0 Å². The minimum Gasteiger partial charge on any atom is -0.458 e. The van der Waals surface area contributed by atoms with E-state index in [0.717, 1.165) is 10.4 Å². The molecule has 5 nitrogen and oxygen atoms in total. The summed E-state index contributed by atoms with van der Waals surface area (Å²) < 4.78 is 36.4. The molecule has 38 heavy (non-hydrogen) atoms. The lowest BCUT2D eigenvalue weighted by Gasteiger charge is -2.29. The van der Waals surface area contributed by atoms with E-state index in [2.05, 4.69) is 0 Å². The SMILES string of the molecule is Cc1ccc(S(=O)(=O)N2C/C(C(=O)c3ccccc3)=C\C[C@@H](c3cccs3)c3oc4ccccc4c32)cc1. The molecule has 0 N–H and O–H groups in total. The molecule has 1 aliphatic heterocycles. The molecular formula is C31H25NO4S2. The minimum absolute atomic E-state index is 0.0996. The Morgan fingerprint density at radius 3 is 2.39 bits per heavy atom. The van der Waals surface area contributed by atoms with Gasteiger partial charge in [-0.2, -0.15) is 0 Å². The maximum Gasteiger partial charge on any atom is 0.264 e. The van der Waals surface area contributed by atoms with Crippen molar-refractivity contribution in [3.05, 3.63) is 130 Å². The topological polar surface area (TPSA) is 67.6 Å². The fourth-order valence-corrected chi connectivity index (χ4v) is 7.24. The molecule has 7 heteroatoms. The maximum absolute atomic E-state index is 14.3. The number of rotatable bonds is 5. The van der Waals surface area contributed by atoms with Crippen molar-refractivity contribution in [3.63, 3.8) is 0 Å². The quantitative estimate of drug-likeness (QED) is 0.219. The summed E-state index contributed by atoms with van der Waals surface area (Å²) in [5, 5.41) is 2.70. The number of hydrogen-bond acceptors (Lipinski definition) is 5. The van der Waals surface area contributed by atoms with E-state index in [0.29, 0.717) is 40.0 Å². The number of anilines is 1. The Balaban J connectivity index is 1.60. The number of carbonyl (C=O) groups is 1. The standard InChI is InChI=1S/C31H25NO4S2/c1-21-13-16-24(17-14-21)38(34,35)32-20-23(30(33)22-8-3-2-4-9-22)15-18-26(28-12-7-19-37-28)31-29(32)25-10-5-6-11-27(25)36-31/h2-17,19,26H,18,20H2,1H3/b23-15+/t26-/m0/s1. The van der Waals surface area contributed by atoms with Gasteiger partial charge in [-0.25, -0.2) is 8.42 Å². The fraction of sp³-hybridized carbons (Fsp3) is 0.129. The third kappa shape index (κ3) is 4.27. The summed E-state index contributed by atoms with van der Waals surface area (Å²) in [6.07, 6.45) is 2.40. The number of benzene rings is 3. The van der Waals surface area contributed by atoms with Crippen molar-refractivity contribution in [2.75, 3.05) is 10.8 Å². The normalized spacial score (nSPS) is 17.3. The molecule has 1 atom stereocenters. The Kier molecular flexibility index (Phi) is 6.26. The first kappa shape index (κ1) is 24.4. The highest BCUT2D eigenvalue weighted by molar-refractivity contribution is 7.92. The van der Waals surface area contributed by atoms with E-state index in [9.17, 15) is 13.2 Å². The summed E-state index contributed by atoms with van der Waals surface area (Å²) in [6, 6.07) is 27.3. The summed E-state index contributed by atoms with van der Waals surface area (Å²) in [7, 11) is -4.05. The van der Waals surface area contributed by atoms with Crippen LogP contribution in [0.2, 0.25) is 0 Å². The van der Waals surface area contributed by atoms with Crippen molar-refractivity contribution in [2.24, 2.45) is 0 Å². The summed E-state index contributed by atoms with van der Waals surface area (Å²) in [6.45, 7) is 1.82. The Labute approximate surface area is 225 Å². The molecule has 0 saturated heterocycles. The number of nitrogens with zero attached hydrogens (tertiary/aromatic N) is 1. The molecule has 0 spiro atoms. The van der Waals surface area contributed by atoms with Gasteiger partial charge in [0, 0.05) is 21.4 Å². The third-order valence-corrected chi connectivity index (χ3v) is 9.64. The smallest absolute Gasteiger partial charge is 0.264 e. The molecule has 190 valence electrons. The first-order chi connectivity index (χ1) is 18.4. The highest BCUT2D eigenvalue weighted by atomic mass is 32.2. The Hall–Kier alpha value is -3.94. The monoisotopic (exact) mass is 539 g/mol. The molecular weight excluding hydrogens is 514 g/mol. The van der Waals surface area contributed by atoms with E-state index >= 15 is 0 Å². The van der Waals surface area contributed by atoms with Gasteiger partial charge in [0.25, 0.3) is 10.0 Å². The van der Waals surface area contributed by atoms with Gasteiger partial charge >= 0.3 is 0 Å². The molecule has 6 rings (SSSR count). The van der Waals surface area contributed by atoms with E-state index < -0.39 is 10.0 Å². The van der Waals surface area contributed by atoms with Crippen molar-refractivity contribution in [2.45, 2.75) is 24.2 Å². The zero-order chi connectivity index (χ0) is 26.3. The van der Waals surface area contributed by atoms with Gasteiger partial charge in [-0.1, -0.05) is 72.3 Å². The minimum atomic E-state index is -4.05. The van der Waals surface area contributed by atoms with Crippen molar-refractivity contribution < 1.29 is 17.6 Å². The van der Waals surface area contributed by atoms with Gasteiger partial charge in [-0.05, 0) is 49.1 Å². The first-order valence-electron chi connectivity index (χ1n) is 12.4. The van der Waals surface area contributed by atoms with Crippen LogP contribution in [-0.4, -0.2) is 20.7 Å². The van der Waals surface area contributed by atoms with Crippen LogP contribution >= 0.6 is 11.3 Å². The van der Waals surface area contributed by atoms with Crippen LogP contribution in [0.3, 0.4) is 0 Å². The van der Waals surface area contributed by atoms with Crippen molar-refractivity contribution in [3.8, 4) is 0 Å². The zero-order valence-electron chi connectivity index (χ0n) is 20.7. The second kappa shape index (κ2) is 9.74. The van der Waals surface area contributed by atoms with Crippen molar-refractivity contribution in [1.29, 1.82) is 0 Å². The van der Waals surface area contributed by atoms with Gasteiger partial charge in [0.05, 0.1) is 17.4 Å². The van der Waals surface area contributed by atoms with E-state index in [1.807, 2.05) is 73.0 Å². The predicted octanol–water partition coefficient (Wildman–Crippen LogP) is 7.34. The molecule has 0 bridgehead atoms. The molecule has 0 amide bonds. The van der Waals surface area contributed by atoms with Crippen LogP contribution < -0.4 is 4.31 Å². The first-order valence-corrected chi connectivity index (χ1v) is 14.7. The highest BCUT2D eigenvalue weighted by Gasteiger charge is 2.37. The van der Waals surface area contributed by atoms with E-state index in [1.54, 1.807) is 47.7 Å². The van der Waals surface area contributed by atoms with Crippen LogP contribution in [0.1, 0.15) is 38.9 Å². The molecule has 2 aromatic heterocycles. The second-order valence-corrected chi connectivity index (χ2v) is 12.2. The lowest BCUT2D eigenvalue weighted by molar-refractivity contribution is 0.103. The molecule has 5 aromatic rings. The summed E-state index contributed by atoms with van der Waals surface area (Å²) >= 11 is 1.59. The van der Waals surface area contributed by atoms with Crippen LogP contribution in [-0.2, 0) is 10.0 Å². The highest BCUT2D eigenvalue weighted by Crippen LogP contribution is 2.46. The van der Waals surface area contributed by atoms with Gasteiger partial charge in [-0.15, -0.1) is 11.3 Å². The van der Waals surface area contributed by atoms with Crippen molar-refractivity contribution >= 4 is 43.8 Å². The summed E-state index contributed by atoms with van der Waals surface area (Å²) in [4.78, 5) is 14.9. The lowest BCUT2D eigenvalue weighted by Crippen LogP contribution is -2.36. The van der Waals surface area contributed by atoms with E-state index in [-0.39, 0.29) is 23.1 Å². The van der Waals surface area contributed by atoms with Gasteiger partial charge in [0.15, 0.2) is 5.78 Å². The number of ketones is 1. The fourth-order valence-electron chi connectivity index (χ4n) is 4.93. The second-order valence-electron chi connectivity index (χ2n) is 9.36. The van der Waals surface area contributed by atoms with Crippen LogP contribution in [0.15, 0.2) is 117 Å². The Bertz CT molecular complexity index is 1750. The molecule has 0 unspecified atom stereocenters. The molecule has 1 aliphatic rings. The third-order valence-electron chi connectivity index (χ3n) is 6.90. The average Bonchev–Trinajstić information content (AvgIpc) is 3.58. The van der Waals surface area contributed by atoms with Crippen LogP contribution in [0.5, 0.6) is 0 Å². The Morgan fingerprint density at radius 2 is 1.66 bits per heavy atom. The molecule has 0 radical (unpaired) electrons. The molecule has 0 aliphatic carbocycles. The molecule has 0 saturated carbocycles. The number of hydrogen-bond donors (Lipinski definition) is 0. The number of para-hydroxylation sites is 1. The number of Topliss-reactive ketones (excluding diaryl/α,β-unsaturated/α-hetero) is 1. The largest absolute Gasteiger partial charge is 0.458 e. The summed E-state index contributed by atoms with van der Waals surface area (Å²) in [5.74, 6) is 0.162. The number of allylic oxidation sites excluding steroid dienone is 1.